The van der Waals surface area contributed by atoms with Gasteiger partial charge in [0.25, 0.3) is 0 Å². The van der Waals surface area contributed by atoms with Crippen LogP contribution in [0.3, 0.4) is 0 Å². The van der Waals surface area contributed by atoms with E-state index in [9.17, 15) is 13.2 Å². The number of rotatable bonds is 8. The molecule has 34 heavy (non-hydrogen) atoms. The van der Waals surface area contributed by atoms with Gasteiger partial charge in [-0.05, 0) is 41.6 Å². The molecule has 0 unspecified atom stereocenters. The Morgan fingerprint density at radius 2 is 1.65 bits per heavy atom. The number of nitrogens with one attached hydrogen (secondary N) is 2. The van der Waals surface area contributed by atoms with Crippen LogP contribution in [0.1, 0.15) is 5.56 Å². The van der Waals surface area contributed by atoms with E-state index >= 15 is 0 Å². The van der Waals surface area contributed by atoms with Crippen molar-refractivity contribution in [3.05, 3.63) is 102 Å². The number of amides is 1. The molecule has 0 heterocycles. The molecule has 2 N–H and O–H groups in total. The molecule has 0 saturated heterocycles. The number of hydrogen-bond donors (Lipinski definition) is 2. The SMILES string of the molecule is COc1ccc(S(=O)(=O)N[C@H](Cc2ccccc2)C(=O)Nc2cccc3ccccc23)cc1Cl. The maximum Gasteiger partial charge on any atom is 0.242 e. The molecule has 174 valence electrons. The van der Waals surface area contributed by atoms with E-state index < -0.39 is 22.0 Å². The molecule has 0 radical (unpaired) electrons. The summed E-state index contributed by atoms with van der Waals surface area (Å²) in [5, 5.41) is 4.88. The van der Waals surface area contributed by atoms with Crippen molar-refractivity contribution >= 4 is 44.0 Å². The summed E-state index contributed by atoms with van der Waals surface area (Å²) in [5.41, 5.74) is 1.42. The second-order valence-electron chi connectivity index (χ2n) is 7.68. The lowest BCUT2D eigenvalue weighted by atomic mass is 10.1. The first-order chi connectivity index (χ1) is 16.4. The van der Waals surface area contributed by atoms with E-state index in [1.54, 1.807) is 6.07 Å². The number of carbonyl (C=O) groups excluding carboxylic acids is 1. The molecule has 6 nitrogen and oxygen atoms in total. The van der Waals surface area contributed by atoms with Crippen molar-refractivity contribution in [2.45, 2.75) is 17.4 Å². The number of fused-ring (bicyclic) bond motifs is 1. The molecule has 0 aromatic heterocycles. The normalized spacial score (nSPS) is 12.3. The lowest BCUT2D eigenvalue weighted by Crippen LogP contribution is -2.45. The van der Waals surface area contributed by atoms with E-state index in [0.29, 0.717) is 11.4 Å². The zero-order chi connectivity index (χ0) is 24.1. The Bertz CT molecular complexity index is 1420. The van der Waals surface area contributed by atoms with Crippen LogP contribution >= 0.6 is 11.6 Å². The van der Waals surface area contributed by atoms with Crippen LogP contribution in [0.4, 0.5) is 5.69 Å². The minimum Gasteiger partial charge on any atom is -0.495 e. The first-order valence-electron chi connectivity index (χ1n) is 10.6. The zero-order valence-electron chi connectivity index (χ0n) is 18.4. The van der Waals surface area contributed by atoms with Crippen molar-refractivity contribution in [1.82, 2.24) is 4.72 Å². The third-order valence-electron chi connectivity index (χ3n) is 5.38. The lowest BCUT2D eigenvalue weighted by molar-refractivity contribution is -0.117. The van der Waals surface area contributed by atoms with E-state index in [-0.39, 0.29) is 16.3 Å². The first-order valence-corrected chi connectivity index (χ1v) is 12.4. The molecule has 8 heteroatoms. The standard InChI is InChI=1S/C26H23ClN2O4S/c1-33-25-15-14-20(17-22(25)27)34(31,32)29-24(16-18-8-3-2-4-9-18)26(30)28-23-13-7-11-19-10-5-6-12-21(19)23/h2-15,17,24,29H,16H2,1H3,(H,28,30)/t24-/m1/s1. The number of ether oxygens (including phenoxy) is 1. The molecule has 1 amide bonds. The Balaban J connectivity index is 1.65. The number of hydrogen-bond acceptors (Lipinski definition) is 4. The van der Waals surface area contributed by atoms with Crippen LogP contribution in [-0.4, -0.2) is 27.5 Å². The average Bonchev–Trinajstić information content (AvgIpc) is 2.84. The van der Waals surface area contributed by atoms with Crippen LogP contribution in [0.25, 0.3) is 10.8 Å². The average molecular weight is 495 g/mol. The van der Waals surface area contributed by atoms with Gasteiger partial charge in [0.15, 0.2) is 0 Å². The smallest absolute Gasteiger partial charge is 0.242 e. The van der Waals surface area contributed by atoms with Gasteiger partial charge in [-0.25, -0.2) is 8.42 Å². The summed E-state index contributed by atoms with van der Waals surface area (Å²) in [7, 11) is -2.61. The summed E-state index contributed by atoms with van der Waals surface area (Å²) >= 11 is 6.13. The van der Waals surface area contributed by atoms with Gasteiger partial charge in [-0.3, -0.25) is 4.79 Å². The summed E-state index contributed by atoms with van der Waals surface area (Å²) in [4.78, 5) is 13.3. The molecule has 4 rings (SSSR count). The number of sulfonamides is 1. The largest absolute Gasteiger partial charge is 0.495 e. The van der Waals surface area contributed by atoms with Gasteiger partial charge in [0.05, 0.1) is 17.0 Å². The quantitative estimate of drug-likeness (QED) is 0.360. The van der Waals surface area contributed by atoms with E-state index in [2.05, 4.69) is 10.0 Å². The summed E-state index contributed by atoms with van der Waals surface area (Å²) in [6.07, 6.45) is 0.167. The van der Waals surface area contributed by atoms with Gasteiger partial charge in [0, 0.05) is 11.1 Å². The molecule has 0 aliphatic rings. The van der Waals surface area contributed by atoms with Crippen LogP contribution < -0.4 is 14.8 Å². The van der Waals surface area contributed by atoms with Crippen molar-refractivity contribution < 1.29 is 17.9 Å². The van der Waals surface area contributed by atoms with Gasteiger partial charge in [0.2, 0.25) is 15.9 Å². The molecule has 0 bridgehead atoms. The summed E-state index contributed by atoms with van der Waals surface area (Å²) in [6, 6.07) is 25.5. The van der Waals surface area contributed by atoms with Crippen LogP contribution in [0.2, 0.25) is 5.02 Å². The second-order valence-corrected chi connectivity index (χ2v) is 9.80. The van der Waals surface area contributed by atoms with E-state index in [1.807, 2.05) is 66.7 Å². The molecule has 0 saturated carbocycles. The first kappa shape index (κ1) is 23.8. The highest BCUT2D eigenvalue weighted by Gasteiger charge is 2.27. The highest BCUT2D eigenvalue weighted by atomic mass is 35.5. The second kappa shape index (κ2) is 10.3. The topological polar surface area (TPSA) is 84.5 Å². The lowest BCUT2D eigenvalue weighted by Gasteiger charge is -2.20. The summed E-state index contributed by atoms with van der Waals surface area (Å²) in [6.45, 7) is 0. The molecule has 0 fully saturated rings. The third-order valence-corrected chi connectivity index (χ3v) is 7.14. The Morgan fingerprint density at radius 1 is 0.941 bits per heavy atom. The molecular weight excluding hydrogens is 472 g/mol. The van der Waals surface area contributed by atoms with Crippen LogP contribution in [-0.2, 0) is 21.2 Å². The fourth-order valence-electron chi connectivity index (χ4n) is 3.66. The Labute approximate surface area is 203 Å². The maximum absolute atomic E-state index is 13.4. The van der Waals surface area contributed by atoms with Crippen molar-refractivity contribution in [2.24, 2.45) is 0 Å². The monoisotopic (exact) mass is 494 g/mol. The van der Waals surface area contributed by atoms with Crippen molar-refractivity contribution in [3.8, 4) is 5.75 Å². The van der Waals surface area contributed by atoms with Crippen LogP contribution in [0.15, 0.2) is 95.9 Å². The fourth-order valence-corrected chi connectivity index (χ4v) is 5.21. The highest BCUT2D eigenvalue weighted by molar-refractivity contribution is 7.89. The van der Waals surface area contributed by atoms with Gasteiger partial charge in [-0.1, -0.05) is 78.3 Å². The number of carbonyl (C=O) groups is 1. The third kappa shape index (κ3) is 5.39. The van der Waals surface area contributed by atoms with Crippen molar-refractivity contribution in [3.63, 3.8) is 0 Å². The number of benzene rings is 4. The van der Waals surface area contributed by atoms with Gasteiger partial charge in [-0.15, -0.1) is 0 Å². The predicted octanol–water partition coefficient (Wildman–Crippen LogP) is 5.03. The molecule has 1 atom stereocenters. The maximum atomic E-state index is 13.4. The molecule has 0 spiro atoms. The van der Waals surface area contributed by atoms with Gasteiger partial charge < -0.3 is 10.1 Å². The minimum absolute atomic E-state index is 0.0608. The highest BCUT2D eigenvalue weighted by Crippen LogP contribution is 2.27. The molecule has 0 aliphatic carbocycles. The van der Waals surface area contributed by atoms with E-state index in [1.165, 1.54) is 25.3 Å². The Kier molecular flexibility index (Phi) is 7.17. The molecular formula is C26H23ClN2O4S. The molecule has 4 aromatic carbocycles. The Morgan fingerprint density at radius 3 is 2.38 bits per heavy atom. The minimum atomic E-state index is -4.06. The fraction of sp³-hybridized carbons (Fsp3) is 0.115. The molecule has 0 aliphatic heterocycles. The zero-order valence-corrected chi connectivity index (χ0v) is 19.9. The summed E-state index contributed by atoms with van der Waals surface area (Å²) < 4.78 is 34.0. The van der Waals surface area contributed by atoms with Crippen molar-refractivity contribution in [2.75, 3.05) is 12.4 Å². The van der Waals surface area contributed by atoms with Crippen molar-refractivity contribution in [1.29, 1.82) is 0 Å². The van der Waals surface area contributed by atoms with Gasteiger partial charge in [-0.2, -0.15) is 4.72 Å². The van der Waals surface area contributed by atoms with Gasteiger partial charge in [0.1, 0.15) is 11.8 Å². The number of halogens is 1. The Hall–Kier alpha value is -3.39. The van der Waals surface area contributed by atoms with Crippen LogP contribution in [0, 0.1) is 0 Å². The number of methoxy groups -OCH3 is 1. The van der Waals surface area contributed by atoms with Crippen LogP contribution in [0.5, 0.6) is 5.75 Å². The molecule has 4 aromatic rings. The number of anilines is 1. The summed E-state index contributed by atoms with van der Waals surface area (Å²) in [5.74, 6) is -0.112. The van der Waals surface area contributed by atoms with Gasteiger partial charge >= 0.3 is 0 Å². The van der Waals surface area contributed by atoms with E-state index in [0.717, 1.165) is 16.3 Å². The predicted molar refractivity (Wildman–Crippen MR) is 135 cm³/mol. The van der Waals surface area contributed by atoms with E-state index in [4.69, 9.17) is 16.3 Å².